The number of aromatic nitrogens is 3. The van der Waals surface area contributed by atoms with Crippen molar-refractivity contribution in [2.45, 2.75) is 63.4 Å². The van der Waals surface area contributed by atoms with E-state index in [2.05, 4.69) is 32.3 Å². The van der Waals surface area contributed by atoms with Crippen LogP contribution in [0.1, 0.15) is 63.6 Å². The third-order valence-electron chi connectivity index (χ3n) is 5.26. The molecule has 0 spiro atoms. The number of guanidine groups is 1. The minimum Gasteiger partial charge on any atom is -0.388 e. The largest absolute Gasteiger partial charge is 0.388 e. The van der Waals surface area contributed by atoms with Crippen LogP contribution in [0.3, 0.4) is 0 Å². The summed E-state index contributed by atoms with van der Waals surface area (Å²) in [5.41, 5.74) is -0.600. The molecule has 25 heavy (non-hydrogen) atoms. The lowest BCUT2D eigenvalue weighted by Gasteiger charge is -2.35. The number of H-pyrrole nitrogens is 1. The fourth-order valence-corrected chi connectivity index (χ4v) is 3.79. The van der Waals surface area contributed by atoms with Crippen LogP contribution in [0.2, 0.25) is 0 Å². The molecule has 3 N–H and O–H groups in total. The lowest BCUT2D eigenvalue weighted by Crippen LogP contribution is -2.46. The molecule has 1 aliphatic heterocycles. The number of hydrogen-bond acceptors (Lipinski definition) is 4. The van der Waals surface area contributed by atoms with E-state index in [1.54, 1.807) is 6.33 Å². The van der Waals surface area contributed by atoms with Crippen LogP contribution in [0.25, 0.3) is 0 Å². The van der Waals surface area contributed by atoms with E-state index in [4.69, 9.17) is 4.99 Å². The molecule has 7 nitrogen and oxygen atoms in total. The van der Waals surface area contributed by atoms with Gasteiger partial charge in [-0.3, -0.25) is 10.1 Å². The predicted octanol–water partition coefficient (Wildman–Crippen LogP) is 2.26. The highest BCUT2D eigenvalue weighted by Crippen LogP contribution is 2.29. The molecule has 0 unspecified atom stereocenters. The minimum absolute atomic E-state index is 0. The monoisotopic (exact) mass is 462 g/mol. The smallest absolute Gasteiger partial charge is 0.194 e. The molecule has 1 saturated carbocycles. The van der Waals surface area contributed by atoms with Gasteiger partial charge in [0.25, 0.3) is 0 Å². The predicted molar refractivity (Wildman–Crippen MR) is 109 cm³/mol. The van der Waals surface area contributed by atoms with E-state index in [1.165, 1.54) is 6.42 Å². The zero-order chi connectivity index (χ0) is 16.8. The summed E-state index contributed by atoms with van der Waals surface area (Å²) in [6, 6.07) is 0. The Bertz CT molecular complexity index is 521. The molecule has 2 heterocycles. The van der Waals surface area contributed by atoms with Gasteiger partial charge in [0.05, 0.1) is 12.1 Å². The lowest BCUT2D eigenvalue weighted by atomic mass is 9.85. The first-order valence-electron chi connectivity index (χ1n) is 9.31. The first-order chi connectivity index (χ1) is 11.7. The molecule has 1 aromatic rings. The van der Waals surface area contributed by atoms with Crippen molar-refractivity contribution in [1.29, 1.82) is 0 Å². The molecule has 142 valence electrons. The molecule has 0 atom stereocenters. The molecule has 0 aromatic carbocycles. The summed E-state index contributed by atoms with van der Waals surface area (Å²) >= 11 is 0. The Morgan fingerprint density at radius 2 is 2.08 bits per heavy atom. The van der Waals surface area contributed by atoms with Crippen LogP contribution in [0.4, 0.5) is 0 Å². The number of nitrogens with one attached hydrogen (secondary N) is 2. The van der Waals surface area contributed by atoms with E-state index in [-0.39, 0.29) is 24.0 Å². The fourth-order valence-electron chi connectivity index (χ4n) is 3.79. The molecule has 0 radical (unpaired) electrons. The molecule has 1 aromatic heterocycles. The van der Waals surface area contributed by atoms with Gasteiger partial charge in [-0.25, -0.2) is 4.98 Å². The van der Waals surface area contributed by atoms with Gasteiger partial charge in [-0.1, -0.05) is 19.3 Å². The standard InChI is InChI=1S/C17H30N6O.HI/c1-2-18-16(19-12-17(24)8-4-3-5-9-17)23-10-6-14(7-11-23)15-20-13-21-22-15;/h13-14,24H,2-12H2,1H3,(H,18,19)(H,20,21,22);1H. The van der Waals surface area contributed by atoms with Gasteiger partial charge in [-0.05, 0) is 32.6 Å². The van der Waals surface area contributed by atoms with Gasteiger partial charge in [0.2, 0.25) is 0 Å². The Morgan fingerprint density at radius 3 is 2.68 bits per heavy atom. The molecular weight excluding hydrogens is 431 g/mol. The third-order valence-corrected chi connectivity index (χ3v) is 5.26. The number of rotatable bonds is 4. The second-order valence-electron chi connectivity index (χ2n) is 7.09. The van der Waals surface area contributed by atoms with Crippen molar-refractivity contribution in [3.8, 4) is 0 Å². The maximum atomic E-state index is 10.7. The molecule has 3 rings (SSSR count). The van der Waals surface area contributed by atoms with Gasteiger partial charge in [0.15, 0.2) is 5.96 Å². The van der Waals surface area contributed by atoms with Crippen LogP contribution in [0.15, 0.2) is 11.3 Å². The number of aliphatic hydroxyl groups is 1. The van der Waals surface area contributed by atoms with E-state index < -0.39 is 5.60 Å². The highest BCUT2D eigenvalue weighted by molar-refractivity contribution is 14.0. The van der Waals surface area contributed by atoms with Crippen molar-refractivity contribution in [2.75, 3.05) is 26.2 Å². The SMILES string of the molecule is CCNC(=NCC1(O)CCCCC1)N1CCC(c2ncn[nH]2)CC1.I. The van der Waals surface area contributed by atoms with Crippen LogP contribution in [0.5, 0.6) is 0 Å². The van der Waals surface area contributed by atoms with Crippen LogP contribution in [-0.2, 0) is 0 Å². The van der Waals surface area contributed by atoms with Gasteiger partial charge in [0.1, 0.15) is 12.2 Å². The molecule has 1 aliphatic carbocycles. The van der Waals surface area contributed by atoms with Crippen LogP contribution < -0.4 is 5.32 Å². The molecule has 8 heteroatoms. The van der Waals surface area contributed by atoms with Gasteiger partial charge in [-0.15, -0.1) is 24.0 Å². The number of likely N-dealkylation sites (tertiary alicyclic amines) is 1. The summed E-state index contributed by atoms with van der Waals surface area (Å²) in [4.78, 5) is 11.4. The van der Waals surface area contributed by atoms with Crippen molar-refractivity contribution in [2.24, 2.45) is 4.99 Å². The maximum Gasteiger partial charge on any atom is 0.194 e. The summed E-state index contributed by atoms with van der Waals surface area (Å²) in [7, 11) is 0. The van der Waals surface area contributed by atoms with Gasteiger partial charge >= 0.3 is 0 Å². The zero-order valence-electron chi connectivity index (χ0n) is 15.1. The second kappa shape index (κ2) is 9.70. The number of piperidine rings is 1. The highest BCUT2D eigenvalue weighted by atomic mass is 127. The zero-order valence-corrected chi connectivity index (χ0v) is 17.4. The number of halogens is 1. The molecule has 1 saturated heterocycles. The number of aromatic amines is 1. The summed E-state index contributed by atoms with van der Waals surface area (Å²) in [6.07, 6.45) is 8.90. The van der Waals surface area contributed by atoms with E-state index in [0.717, 1.165) is 69.9 Å². The van der Waals surface area contributed by atoms with Crippen molar-refractivity contribution < 1.29 is 5.11 Å². The minimum atomic E-state index is -0.600. The summed E-state index contributed by atoms with van der Waals surface area (Å²) < 4.78 is 0. The van der Waals surface area contributed by atoms with Gasteiger partial charge < -0.3 is 15.3 Å². The van der Waals surface area contributed by atoms with Crippen LogP contribution in [0, 0.1) is 0 Å². The average Bonchev–Trinajstić information content (AvgIpc) is 3.14. The van der Waals surface area contributed by atoms with E-state index in [1.807, 2.05) is 0 Å². The summed E-state index contributed by atoms with van der Waals surface area (Å²) in [5.74, 6) is 2.38. The Balaban J connectivity index is 0.00000225. The topological polar surface area (TPSA) is 89.4 Å². The Hall–Kier alpha value is -0.900. The second-order valence-corrected chi connectivity index (χ2v) is 7.09. The van der Waals surface area contributed by atoms with E-state index in [9.17, 15) is 5.11 Å². The lowest BCUT2D eigenvalue weighted by molar-refractivity contribution is 0.0129. The average molecular weight is 462 g/mol. The first kappa shape index (κ1) is 20.4. The van der Waals surface area contributed by atoms with Crippen LogP contribution >= 0.6 is 24.0 Å². The Labute approximate surface area is 167 Å². The Kier molecular flexibility index (Phi) is 7.92. The summed E-state index contributed by atoms with van der Waals surface area (Å²) in [6.45, 7) is 5.36. The van der Waals surface area contributed by atoms with Gasteiger partial charge in [-0.2, -0.15) is 5.10 Å². The highest BCUT2D eigenvalue weighted by Gasteiger charge is 2.30. The number of hydrogen-bond donors (Lipinski definition) is 3. The quantitative estimate of drug-likeness (QED) is 0.363. The van der Waals surface area contributed by atoms with Crippen molar-refractivity contribution in [1.82, 2.24) is 25.4 Å². The normalized spacial score (nSPS) is 21.7. The van der Waals surface area contributed by atoms with Crippen molar-refractivity contribution in [3.63, 3.8) is 0 Å². The first-order valence-corrected chi connectivity index (χ1v) is 9.31. The maximum absolute atomic E-state index is 10.7. The fraction of sp³-hybridized carbons (Fsp3) is 0.824. The molecule has 0 amide bonds. The van der Waals surface area contributed by atoms with E-state index >= 15 is 0 Å². The number of aliphatic imine (C=N–C) groups is 1. The van der Waals surface area contributed by atoms with Crippen molar-refractivity contribution in [3.05, 3.63) is 12.2 Å². The van der Waals surface area contributed by atoms with Crippen molar-refractivity contribution >= 4 is 29.9 Å². The number of nitrogens with zero attached hydrogens (tertiary/aromatic N) is 4. The Morgan fingerprint density at radius 1 is 1.36 bits per heavy atom. The van der Waals surface area contributed by atoms with E-state index in [0.29, 0.717) is 12.5 Å². The summed E-state index contributed by atoms with van der Waals surface area (Å²) in [5, 5.41) is 21.0. The third kappa shape index (κ3) is 5.54. The molecule has 0 bridgehead atoms. The van der Waals surface area contributed by atoms with Crippen LogP contribution in [-0.4, -0.2) is 62.9 Å². The molecule has 2 fully saturated rings. The van der Waals surface area contributed by atoms with Gasteiger partial charge in [0, 0.05) is 25.6 Å². The molecular formula is C17H31IN6O. The molecule has 2 aliphatic rings.